The van der Waals surface area contributed by atoms with E-state index >= 15 is 0 Å². The Morgan fingerprint density at radius 1 is 1.24 bits per heavy atom. The molecular weight excluding hydrogens is 309 g/mol. The molecule has 2 N–H and O–H groups in total. The SMILES string of the molecule is O=C(/C=C/c1cc(Cl)cc(Cl)c1)NCC1(CO)CCCC1. The number of rotatable bonds is 5. The van der Waals surface area contributed by atoms with E-state index in [-0.39, 0.29) is 17.9 Å². The predicted molar refractivity (Wildman–Crippen MR) is 86.5 cm³/mol. The molecule has 0 radical (unpaired) electrons. The number of nitrogens with one attached hydrogen (secondary N) is 1. The fourth-order valence-corrected chi connectivity index (χ4v) is 3.24. The van der Waals surface area contributed by atoms with E-state index < -0.39 is 0 Å². The molecular formula is C16H19Cl2NO2. The van der Waals surface area contributed by atoms with E-state index in [1.165, 1.54) is 6.08 Å². The summed E-state index contributed by atoms with van der Waals surface area (Å²) in [7, 11) is 0. The molecule has 1 amide bonds. The lowest BCUT2D eigenvalue weighted by Crippen LogP contribution is -2.37. The Morgan fingerprint density at radius 3 is 2.43 bits per heavy atom. The summed E-state index contributed by atoms with van der Waals surface area (Å²) in [5, 5.41) is 13.4. The maximum Gasteiger partial charge on any atom is 0.244 e. The highest BCUT2D eigenvalue weighted by Gasteiger charge is 2.33. The second-order valence-corrected chi connectivity index (χ2v) is 6.49. The molecule has 0 bridgehead atoms. The van der Waals surface area contributed by atoms with Gasteiger partial charge in [-0.15, -0.1) is 0 Å². The number of benzene rings is 1. The smallest absolute Gasteiger partial charge is 0.244 e. The monoisotopic (exact) mass is 327 g/mol. The molecule has 0 unspecified atom stereocenters. The normalized spacial score (nSPS) is 17.3. The highest BCUT2D eigenvalue weighted by molar-refractivity contribution is 6.34. The van der Waals surface area contributed by atoms with Gasteiger partial charge in [0.15, 0.2) is 0 Å². The molecule has 1 aliphatic rings. The van der Waals surface area contributed by atoms with Crippen LogP contribution >= 0.6 is 23.2 Å². The van der Waals surface area contributed by atoms with Gasteiger partial charge in [-0.3, -0.25) is 4.79 Å². The summed E-state index contributed by atoms with van der Waals surface area (Å²) in [6.45, 7) is 0.643. The Hall–Kier alpha value is -1.03. The van der Waals surface area contributed by atoms with Crippen molar-refractivity contribution in [2.24, 2.45) is 5.41 Å². The zero-order chi connectivity index (χ0) is 15.3. The summed E-state index contributed by atoms with van der Waals surface area (Å²) >= 11 is 11.8. The lowest BCUT2D eigenvalue weighted by atomic mass is 9.87. The van der Waals surface area contributed by atoms with Gasteiger partial charge in [0.2, 0.25) is 5.91 Å². The average Bonchev–Trinajstić information content (AvgIpc) is 2.91. The first-order chi connectivity index (χ1) is 10.0. The summed E-state index contributed by atoms with van der Waals surface area (Å²) in [6, 6.07) is 5.12. The number of hydrogen-bond acceptors (Lipinski definition) is 2. The van der Waals surface area contributed by atoms with Gasteiger partial charge in [-0.05, 0) is 42.7 Å². The van der Waals surface area contributed by atoms with Crippen molar-refractivity contribution >= 4 is 35.2 Å². The van der Waals surface area contributed by atoms with Crippen LogP contribution in [0, 0.1) is 5.41 Å². The average molecular weight is 328 g/mol. The summed E-state index contributed by atoms with van der Waals surface area (Å²) < 4.78 is 0. The van der Waals surface area contributed by atoms with Crippen molar-refractivity contribution in [3.8, 4) is 0 Å². The first-order valence-corrected chi connectivity index (χ1v) is 7.81. The first kappa shape index (κ1) is 16.3. The van der Waals surface area contributed by atoms with Crippen molar-refractivity contribution < 1.29 is 9.90 Å². The van der Waals surface area contributed by atoms with Crippen LogP contribution in [0.25, 0.3) is 6.08 Å². The zero-order valence-corrected chi connectivity index (χ0v) is 13.3. The fourth-order valence-electron chi connectivity index (χ4n) is 2.69. The Bertz CT molecular complexity index is 517. The number of amides is 1. The van der Waals surface area contributed by atoms with E-state index in [2.05, 4.69) is 5.32 Å². The fraction of sp³-hybridized carbons (Fsp3) is 0.438. The van der Waals surface area contributed by atoms with Crippen LogP contribution in [0.2, 0.25) is 10.0 Å². The highest BCUT2D eigenvalue weighted by atomic mass is 35.5. The predicted octanol–water partition coefficient (Wildman–Crippen LogP) is 3.68. The lowest BCUT2D eigenvalue weighted by Gasteiger charge is -2.26. The van der Waals surface area contributed by atoms with E-state index in [9.17, 15) is 9.90 Å². The van der Waals surface area contributed by atoms with Gasteiger partial charge in [-0.25, -0.2) is 0 Å². The van der Waals surface area contributed by atoms with Crippen LogP contribution < -0.4 is 5.32 Å². The molecule has 3 nitrogen and oxygen atoms in total. The Labute approximate surface area is 134 Å². The molecule has 0 spiro atoms. The van der Waals surface area contributed by atoms with Gasteiger partial charge in [0.05, 0.1) is 6.61 Å². The molecule has 1 saturated carbocycles. The third-order valence-corrected chi connectivity index (χ3v) is 4.39. The van der Waals surface area contributed by atoms with Gasteiger partial charge in [-0.2, -0.15) is 0 Å². The highest BCUT2D eigenvalue weighted by Crippen LogP contribution is 2.36. The molecule has 1 aliphatic carbocycles. The molecule has 1 fully saturated rings. The largest absolute Gasteiger partial charge is 0.396 e. The third kappa shape index (κ3) is 4.73. The number of halogens is 2. The van der Waals surface area contributed by atoms with Crippen molar-refractivity contribution in [1.82, 2.24) is 5.32 Å². The van der Waals surface area contributed by atoms with Crippen molar-refractivity contribution in [2.45, 2.75) is 25.7 Å². The minimum atomic E-state index is -0.175. The minimum absolute atomic E-state index is 0.126. The molecule has 0 heterocycles. The Morgan fingerprint density at radius 2 is 1.86 bits per heavy atom. The molecule has 0 aromatic heterocycles. The Kier molecular flexibility index (Phi) is 5.68. The third-order valence-electron chi connectivity index (χ3n) is 3.95. The summed E-state index contributed by atoms with van der Waals surface area (Å²) in [5.41, 5.74) is 0.642. The topological polar surface area (TPSA) is 49.3 Å². The summed E-state index contributed by atoms with van der Waals surface area (Å²) in [6.07, 6.45) is 7.31. The van der Waals surface area contributed by atoms with Crippen LogP contribution in [0.4, 0.5) is 0 Å². The molecule has 1 aromatic carbocycles. The zero-order valence-electron chi connectivity index (χ0n) is 11.7. The van der Waals surface area contributed by atoms with Gasteiger partial charge >= 0.3 is 0 Å². The summed E-state index contributed by atoms with van der Waals surface area (Å²) in [5.74, 6) is -0.175. The number of carbonyl (C=O) groups is 1. The number of hydrogen-bond donors (Lipinski definition) is 2. The van der Waals surface area contributed by atoms with Gasteiger partial charge in [-0.1, -0.05) is 36.0 Å². The van der Waals surface area contributed by atoms with Crippen LogP contribution in [0.1, 0.15) is 31.2 Å². The molecule has 5 heteroatoms. The molecule has 21 heavy (non-hydrogen) atoms. The van der Waals surface area contributed by atoms with Gasteiger partial charge < -0.3 is 10.4 Å². The standard InChI is InChI=1S/C16H19Cl2NO2/c17-13-7-12(8-14(18)9-13)3-4-15(21)19-10-16(11-20)5-1-2-6-16/h3-4,7-9,20H,1-2,5-6,10-11H2,(H,19,21)/b4-3+. The minimum Gasteiger partial charge on any atom is -0.396 e. The maximum atomic E-state index is 11.9. The first-order valence-electron chi connectivity index (χ1n) is 7.06. The van der Waals surface area contributed by atoms with Crippen LogP contribution in [-0.4, -0.2) is 24.2 Å². The quantitative estimate of drug-likeness (QED) is 0.810. The number of carbonyl (C=O) groups excluding carboxylic acids is 1. The van der Waals surface area contributed by atoms with Crippen molar-refractivity contribution in [3.63, 3.8) is 0 Å². The molecule has 2 rings (SSSR count). The van der Waals surface area contributed by atoms with Crippen molar-refractivity contribution in [1.29, 1.82) is 0 Å². The summed E-state index contributed by atoms with van der Waals surface area (Å²) in [4.78, 5) is 11.9. The van der Waals surface area contributed by atoms with E-state index in [4.69, 9.17) is 23.2 Å². The molecule has 0 aliphatic heterocycles. The molecule has 114 valence electrons. The van der Waals surface area contributed by atoms with Crippen molar-refractivity contribution in [3.05, 3.63) is 39.9 Å². The van der Waals surface area contributed by atoms with Crippen LogP contribution in [0.3, 0.4) is 0 Å². The second kappa shape index (κ2) is 7.30. The van der Waals surface area contributed by atoms with Crippen molar-refractivity contribution in [2.75, 3.05) is 13.2 Å². The number of aliphatic hydroxyl groups is 1. The van der Waals surface area contributed by atoms with Gasteiger partial charge in [0, 0.05) is 28.1 Å². The van der Waals surface area contributed by atoms with Crippen LogP contribution in [-0.2, 0) is 4.79 Å². The number of aliphatic hydroxyl groups excluding tert-OH is 1. The molecule has 0 saturated heterocycles. The molecule has 1 aromatic rings. The second-order valence-electron chi connectivity index (χ2n) is 5.62. The van der Waals surface area contributed by atoms with Gasteiger partial charge in [0.25, 0.3) is 0 Å². The van der Waals surface area contributed by atoms with E-state index in [1.54, 1.807) is 24.3 Å². The Balaban J connectivity index is 1.90. The van der Waals surface area contributed by atoms with Crippen LogP contribution in [0.15, 0.2) is 24.3 Å². The van der Waals surface area contributed by atoms with Gasteiger partial charge in [0.1, 0.15) is 0 Å². The van der Waals surface area contributed by atoms with E-state index in [1.807, 2.05) is 0 Å². The van der Waals surface area contributed by atoms with E-state index in [0.717, 1.165) is 31.2 Å². The lowest BCUT2D eigenvalue weighted by molar-refractivity contribution is -0.117. The van der Waals surface area contributed by atoms with E-state index in [0.29, 0.717) is 16.6 Å². The maximum absolute atomic E-state index is 11.9. The molecule has 0 atom stereocenters. The van der Waals surface area contributed by atoms with Crippen LogP contribution in [0.5, 0.6) is 0 Å².